The number of aromatic nitrogens is 6. The van der Waals surface area contributed by atoms with Gasteiger partial charge in [-0.05, 0) is 12.5 Å². The van der Waals surface area contributed by atoms with E-state index in [1.54, 1.807) is 40.4 Å². The summed E-state index contributed by atoms with van der Waals surface area (Å²) in [7, 11) is 1.79. The molecule has 180 valence electrons. The minimum Gasteiger partial charge on any atom is -0.412 e. The van der Waals surface area contributed by atoms with E-state index < -0.39 is 0 Å². The van der Waals surface area contributed by atoms with E-state index in [0.29, 0.717) is 24.9 Å². The Morgan fingerprint density at radius 2 is 2.29 bits per heavy atom. The van der Waals surface area contributed by atoms with Crippen LogP contribution in [0.1, 0.15) is 34.5 Å². The molecule has 0 bridgehead atoms. The number of nitrogens with one attached hydrogen (secondary N) is 1. The molecule has 0 fully saturated rings. The van der Waals surface area contributed by atoms with Crippen molar-refractivity contribution in [2.45, 2.75) is 20.8 Å². The molecule has 0 saturated carbocycles. The summed E-state index contributed by atoms with van der Waals surface area (Å²) in [6.07, 6.45) is 14.0. The lowest BCUT2D eigenvalue weighted by atomic mass is 9.98. The molecular weight excluding hydrogens is 696 g/mol. The number of carbonyl (C=O) groups is 1. The first-order valence-electron chi connectivity index (χ1n) is 10.6. The number of nitrogens with zero attached hydrogens (tertiary/aromatic N) is 8. The lowest BCUT2D eigenvalue weighted by molar-refractivity contribution is 0.0616. The third-order valence-corrected chi connectivity index (χ3v) is 7.29. The van der Waals surface area contributed by atoms with Crippen LogP contribution in [0.2, 0.25) is 0 Å². The summed E-state index contributed by atoms with van der Waals surface area (Å²) in [6, 6.07) is -0.320. The van der Waals surface area contributed by atoms with E-state index in [4.69, 9.17) is 16.8 Å². The topological polar surface area (TPSA) is 121 Å². The molecule has 1 atom stereocenters. The molecule has 0 radical (unpaired) electrons. The molecule has 5 rings (SSSR count). The second-order valence-corrected chi connectivity index (χ2v) is 12.9. The molecule has 0 aliphatic carbocycles. The largest absolute Gasteiger partial charge is 0.412 e. The zero-order valence-corrected chi connectivity index (χ0v) is 23.5. The molecule has 0 unspecified atom stereocenters. The van der Waals surface area contributed by atoms with E-state index in [9.17, 15) is 4.79 Å². The fraction of sp³-hybridized carbons (Fsp3) is 0.286. The van der Waals surface area contributed by atoms with Gasteiger partial charge in [-0.25, -0.2) is 9.99 Å². The minimum absolute atomic E-state index is 0.0663. The molecule has 35 heavy (non-hydrogen) atoms. The second kappa shape index (κ2) is 10.3. The molecule has 5 heterocycles. The number of imidazole rings is 1. The number of rotatable bonds is 6. The van der Waals surface area contributed by atoms with Gasteiger partial charge in [-0.15, -0.1) is 10.2 Å². The van der Waals surface area contributed by atoms with Crippen molar-refractivity contribution in [2.75, 3.05) is 6.54 Å². The van der Waals surface area contributed by atoms with Crippen LogP contribution in [0.4, 0.5) is 0 Å². The van der Waals surface area contributed by atoms with Crippen molar-refractivity contribution < 1.29 is 9.21 Å². The highest BCUT2D eigenvalue weighted by Crippen LogP contribution is 2.36. The number of fused-ring (bicyclic) bond motifs is 1. The van der Waals surface area contributed by atoms with Crippen molar-refractivity contribution in [3.8, 4) is 11.5 Å². The Morgan fingerprint density at radius 1 is 1.43 bits per heavy atom. The Balaban J connectivity index is 1.45. The van der Waals surface area contributed by atoms with Gasteiger partial charge in [0.2, 0.25) is 0 Å². The van der Waals surface area contributed by atoms with Crippen LogP contribution >= 0.6 is 45.2 Å². The predicted octanol–water partition coefficient (Wildman–Crippen LogP) is 3.80. The molecule has 1 amide bonds. The highest BCUT2D eigenvalue weighted by Gasteiger charge is 2.35. The van der Waals surface area contributed by atoms with Crippen molar-refractivity contribution >= 4 is 63.5 Å². The fourth-order valence-electron chi connectivity index (χ4n) is 4.13. The van der Waals surface area contributed by atoms with Crippen LogP contribution in [0.5, 0.6) is 0 Å². The lowest BCUT2D eigenvalue weighted by Gasteiger charge is -2.34. The fourth-order valence-corrected chi connectivity index (χ4v) is 5.33. The molecule has 0 spiro atoms. The summed E-state index contributed by atoms with van der Waals surface area (Å²) < 4.78 is 11.5. The number of alkyl halides is 2. The number of allylic oxidation sites excluding steroid dienone is 3. The number of H-pyrrole nitrogens is 1. The molecule has 11 nitrogen and oxygen atoms in total. The van der Waals surface area contributed by atoms with E-state index in [-0.39, 0.29) is 25.7 Å². The number of halogens is 2. The Kier molecular flexibility index (Phi) is 7.10. The van der Waals surface area contributed by atoms with Crippen molar-refractivity contribution in [1.82, 2.24) is 39.9 Å². The third kappa shape index (κ3) is 4.82. The molecule has 0 aromatic carbocycles. The summed E-state index contributed by atoms with van der Waals surface area (Å²) >= 11 is 9.70. The lowest BCUT2D eigenvalue weighted by Crippen LogP contribution is -2.40. The SMILES string of the molecule is Cn1cc(-c2nnc(C(=O)N3CCc4[nH]cnc4[C@@H]3C/C=C3/C(C(I)I)=CC=CN3N=S)o2)cn1. The van der Waals surface area contributed by atoms with Gasteiger partial charge >= 0.3 is 11.8 Å². The van der Waals surface area contributed by atoms with E-state index in [0.717, 1.165) is 22.7 Å². The van der Waals surface area contributed by atoms with Crippen molar-refractivity contribution in [3.05, 3.63) is 71.7 Å². The molecule has 2 aliphatic rings. The zero-order chi connectivity index (χ0) is 24.5. The third-order valence-electron chi connectivity index (χ3n) is 5.77. The number of aryl methyl sites for hydroxylation is 1. The average Bonchev–Trinajstić information content (AvgIpc) is 3.62. The summed E-state index contributed by atoms with van der Waals surface area (Å²) in [5, 5.41) is 13.9. The molecule has 3 aromatic heterocycles. The molecule has 3 aromatic rings. The monoisotopic (exact) mass is 715 g/mol. The minimum atomic E-state index is -0.338. The van der Waals surface area contributed by atoms with Gasteiger partial charge in [0.1, 0.15) is 0 Å². The molecule has 2 aliphatic heterocycles. The maximum absolute atomic E-state index is 13.5. The van der Waals surface area contributed by atoms with Gasteiger partial charge in [0, 0.05) is 43.7 Å². The van der Waals surface area contributed by atoms with Gasteiger partial charge in [-0.3, -0.25) is 9.48 Å². The normalized spacial score (nSPS) is 18.8. The Labute approximate surface area is 233 Å². The molecule has 1 N–H and O–H groups in total. The van der Waals surface area contributed by atoms with E-state index in [1.165, 1.54) is 0 Å². The number of amides is 1. The van der Waals surface area contributed by atoms with Crippen molar-refractivity contribution in [1.29, 1.82) is 0 Å². The standard InChI is InChI=1S/C21H19I2N9O2S/c1-30-10-12(9-26-30)19-27-28-20(34-19)21(33)31-8-6-14-17(25-11-24-14)16(31)5-4-15-13(18(22)23)3-2-7-32(15)29-35/h2-4,7,9-11,16,18H,5-6,8H2,1H3,(H,24,25)/b15-4-/t16-/m0/s1. The molecule has 14 heteroatoms. The van der Waals surface area contributed by atoms with Gasteiger partial charge in [0.05, 0.1) is 49.9 Å². The smallest absolute Gasteiger partial charge is 0.312 e. The van der Waals surface area contributed by atoms with E-state index in [1.807, 2.05) is 12.3 Å². The number of aromatic amines is 1. The highest BCUT2D eigenvalue weighted by molar-refractivity contribution is 14.2. The molecule has 0 saturated heterocycles. The summed E-state index contributed by atoms with van der Waals surface area (Å²) in [6.45, 7) is 0.491. The first kappa shape index (κ1) is 24.2. The van der Waals surface area contributed by atoms with Gasteiger partial charge in [0.15, 0.2) is 0 Å². The number of carbonyl (C=O) groups excluding carboxylic acids is 1. The van der Waals surface area contributed by atoms with Crippen LogP contribution in [0.15, 0.2) is 63.3 Å². The van der Waals surface area contributed by atoms with E-state index >= 15 is 0 Å². The Bertz CT molecular complexity index is 1360. The van der Waals surface area contributed by atoms with Crippen molar-refractivity contribution in [3.63, 3.8) is 0 Å². The van der Waals surface area contributed by atoms with Crippen LogP contribution in [0.3, 0.4) is 0 Å². The second-order valence-electron chi connectivity index (χ2n) is 7.86. The van der Waals surface area contributed by atoms with Gasteiger partial charge in [-0.1, -0.05) is 61.8 Å². The Morgan fingerprint density at radius 3 is 3.03 bits per heavy atom. The van der Waals surface area contributed by atoms with Crippen LogP contribution in [0.25, 0.3) is 11.5 Å². The van der Waals surface area contributed by atoms with Gasteiger partial charge in [-0.2, -0.15) is 5.10 Å². The first-order chi connectivity index (χ1) is 17.0. The predicted molar refractivity (Wildman–Crippen MR) is 146 cm³/mol. The summed E-state index contributed by atoms with van der Waals surface area (Å²) in [4.78, 5) is 23.0. The molecular formula is C21H19I2N9O2S. The zero-order valence-electron chi connectivity index (χ0n) is 18.4. The Hall–Kier alpha value is -2.47. The summed E-state index contributed by atoms with van der Waals surface area (Å²) in [5.74, 6) is -0.155. The maximum Gasteiger partial charge on any atom is 0.312 e. The van der Waals surface area contributed by atoms with Gasteiger partial charge in [0.25, 0.3) is 5.89 Å². The van der Waals surface area contributed by atoms with Crippen LogP contribution in [0, 0.1) is 0 Å². The van der Waals surface area contributed by atoms with Crippen LogP contribution in [-0.4, -0.2) is 54.2 Å². The number of hydrogen-bond acceptors (Lipinski definition) is 8. The average molecular weight is 715 g/mol. The number of hydrogen-bond donors (Lipinski definition) is 1. The van der Waals surface area contributed by atoms with Crippen LogP contribution in [-0.2, 0) is 25.9 Å². The van der Waals surface area contributed by atoms with Gasteiger partial charge < -0.3 is 14.3 Å². The van der Waals surface area contributed by atoms with Crippen LogP contribution < -0.4 is 0 Å². The maximum atomic E-state index is 13.5. The quantitative estimate of drug-likeness (QED) is 0.303. The first-order valence-corrected chi connectivity index (χ1v) is 13.5. The van der Waals surface area contributed by atoms with Crippen molar-refractivity contribution in [2.24, 2.45) is 11.5 Å². The van der Waals surface area contributed by atoms with E-state index in [2.05, 4.69) is 87.1 Å². The summed E-state index contributed by atoms with van der Waals surface area (Å²) in [5.41, 5.74) is 4.48. The highest BCUT2D eigenvalue weighted by atomic mass is 127.